The Kier molecular flexibility index (Phi) is 8.28. The third-order valence-electron chi connectivity index (χ3n) is 4.47. The second kappa shape index (κ2) is 10.9. The normalized spacial score (nSPS) is 10.7. The fourth-order valence-corrected chi connectivity index (χ4v) is 3.82. The van der Waals surface area contributed by atoms with Crippen LogP contribution in [0.5, 0.6) is 17.2 Å². The zero-order chi connectivity index (χ0) is 21.5. The van der Waals surface area contributed by atoms with Gasteiger partial charge in [0.05, 0.1) is 28.7 Å². The lowest BCUT2D eigenvalue weighted by Crippen LogP contribution is -2.13. The van der Waals surface area contributed by atoms with E-state index >= 15 is 0 Å². The Bertz CT molecular complexity index is 996. The molecule has 0 bridgehead atoms. The number of benzene rings is 3. The van der Waals surface area contributed by atoms with Gasteiger partial charge in [0.2, 0.25) is 0 Å². The summed E-state index contributed by atoms with van der Waals surface area (Å²) in [5.41, 5.74) is 3.18. The van der Waals surface area contributed by atoms with Crippen molar-refractivity contribution in [1.82, 2.24) is 5.32 Å². The van der Waals surface area contributed by atoms with Crippen LogP contribution in [-0.4, -0.2) is 14.2 Å². The molecule has 0 heterocycles. The SMILES string of the molecule is COc1ccc(CNCc2cc(Br)c(OCc3ccc(Cl)c(Cl)c3)c(OC)c2)cc1. The molecule has 0 saturated heterocycles. The number of rotatable bonds is 9. The summed E-state index contributed by atoms with van der Waals surface area (Å²) in [5, 5.41) is 4.46. The van der Waals surface area contributed by atoms with Crippen molar-refractivity contribution in [2.45, 2.75) is 19.7 Å². The first-order chi connectivity index (χ1) is 14.5. The average molecular weight is 511 g/mol. The molecular formula is C23H22BrCl2NO3. The molecule has 158 valence electrons. The molecular weight excluding hydrogens is 489 g/mol. The summed E-state index contributed by atoms with van der Waals surface area (Å²) < 4.78 is 17.5. The highest BCUT2D eigenvalue weighted by Gasteiger charge is 2.12. The van der Waals surface area contributed by atoms with Gasteiger partial charge in [0.1, 0.15) is 12.4 Å². The molecule has 30 heavy (non-hydrogen) atoms. The van der Waals surface area contributed by atoms with Crippen molar-refractivity contribution in [2.75, 3.05) is 14.2 Å². The van der Waals surface area contributed by atoms with Gasteiger partial charge in [0.25, 0.3) is 0 Å². The maximum absolute atomic E-state index is 6.08. The third-order valence-corrected chi connectivity index (χ3v) is 5.80. The molecule has 4 nitrogen and oxygen atoms in total. The van der Waals surface area contributed by atoms with Gasteiger partial charge >= 0.3 is 0 Å². The van der Waals surface area contributed by atoms with Gasteiger partial charge in [-0.3, -0.25) is 0 Å². The molecule has 3 aromatic carbocycles. The van der Waals surface area contributed by atoms with Gasteiger partial charge in [-0.25, -0.2) is 0 Å². The summed E-state index contributed by atoms with van der Waals surface area (Å²) in [6, 6.07) is 17.4. The second-order valence-corrected chi connectivity index (χ2v) is 8.27. The van der Waals surface area contributed by atoms with Crippen LogP contribution >= 0.6 is 39.1 Å². The van der Waals surface area contributed by atoms with Gasteiger partial charge in [-0.15, -0.1) is 0 Å². The largest absolute Gasteiger partial charge is 0.497 e. The van der Waals surface area contributed by atoms with Gasteiger partial charge in [-0.05, 0) is 69.0 Å². The van der Waals surface area contributed by atoms with Crippen molar-refractivity contribution >= 4 is 39.1 Å². The fraction of sp³-hybridized carbons (Fsp3) is 0.217. The van der Waals surface area contributed by atoms with Crippen molar-refractivity contribution in [3.8, 4) is 17.2 Å². The molecule has 0 atom stereocenters. The molecule has 3 aromatic rings. The quantitative estimate of drug-likeness (QED) is 0.350. The Labute approximate surface area is 195 Å². The van der Waals surface area contributed by atoms with Gasteiger partial charge in [-0.1, -0.05) is 41.4 Å². The number of hydrogen-bond donors (Lipinski definition) is 1. The fourth-order valence-electron chi connectivity index (χ4n) is 2.89. The van der Waals surface area contributed by atoms with E-state index in [1.54, 1.807) is 26.4 Å². The highest BCUT2D eigenvalue weighted by Crippen LogP contribution is 2.37. The molecule has 0 spiro atoms. The predicted molar refractivity (Wildman–Crippen MR) is 125 cm³/mol. The molecule has 0 radical (unpaired) electrons. The lowest BCUT2D eigenvalue weighted by molar-refractivity contribution is 0.282. The van der Waals surface area contributed by atoms with E-state index in [4.69, 9.17) is 37.4 Å². The molecule has 0 unspecified atom stereocenters. The van der Waals surface area contributed by atoms with Crippen molar-refractivity contribution in [3.63, 3.8) is 0 Å². The van der Waals surface area contributed by atoms with Crippen LogP contribution in [0, 0.1) is 0 Å². The summed E-state index contributed by atoms with van der Waals surface area (Å²) in [6.07, 6.45) is 0. The van der Waals surface area contributed by atoms with Crippen molar-refractivity contribution in [2.24, 2.45) is 0 Å². The second-order valence-electron chi connectivity index (χ2n) is 6.60. The zero-order valence-electron chi connectivity index (χ0n) is 16.7. The first-order valence-corrected chi connectivity index (χ1v) is 10.8. The van der Waals surface area contributed by atoms with Gasteiger partial charge in [0.15, 0.2) is 11.5 Å². The average Bonchev–Trinajstić information content (AvgIpc) is 2.75. The summed E-state index contributed by atoms with van der Waals surface area (Å²) in [7, 11) is 3.29. The molecule has 0 aliphatic heterocycles. The highest BCUT2D eigenvalue weighted by molar-refractivity contribution is 9.10. The van der Waals surface area contributed by atoms with Gasteiger partial charge in [0, 0.05) is 13.1 Å². The van der Waals surface area contributed by atoms with Gasteiger partial charge in [-0.2, -0.15) is 0 Å². The molecule has 0 aliphatic rings. The number of methoxy groups -OCH3 is 2. The van der Waals surface area contributed by atoms with Crippen LogP contribution in [0.3, 0.4) is 0 Å². The maximum Gasteiger partial charge on any atom is 0.175 e. The summed E-state index contributed by atoms with van der Waals surface area (Å²) in [5.74, 6) is 2.15. The minimum absolute atomic E-state index is 0.348. The lowest BCUT2D eigenvalue weighted by atomic mass is 10.1. The molecule has 7 heteroatoms. The van der Waals surface area contributed by atoms with E-state index in [2.05, 4.69) is 21.2 Å². The van der Waals surface area contributed by atoms with E-state index in [9.17, 15) is 0 Å². The summed E-state index contributed by atoms with van der Waals surface area (Å²) in [6.45, 7) is 1.79. The molecule has 0 amide bonds. The van der Waals surface area contributed by atoms with Crippen LogP contribution < -0.4 is 19.5 Å². The topological polar surface area (TPSA) is 39.7 Å². The van der Waals surface area contributed by atoms with Crippen LogP contribution in [0.25, 0.3) is 0 Å². The smallest absolute Gasteiger partial charge is 0.175 e. The Morgan fingerprint density at radius 3 is 2.17 bits per heavy atom. The van der Waals surface area contributed by atoms with Crippen LogP contribution in [0.15, 0.2) is 59.1 Å². The number of halogens is 3. The summed E-state index contributed by atoms with van der Waals surface area (Å²) in [4.78, 5) is 0. The van der Waals surface area contributed by atoms with Crippen LogP contribution in [-0.2, 0) is 19.7 Å². The molecule has 1 N–H and O–H groups in total. The molecule has 0 saturated carbocycles. The standard InChI is InChI=1S/C23H22BrCl2NO3/c1-28-18-6-3-15(4-7-18)12-27-13-17-9-19(24)23(22(11-17)29-2)30-14-16-5-8-20(25)21(26)10-16/h3-11,27H,12-14H2,1-2H3. The van der Waals surface area contributed by atoms with Gasteiger partial charge < -0.3 is 19.5 Å². The monoisotopic (exact) mass is 509 g/mol. The first-order valence-electron chi connectivity index (χ1n) is 9.27. The van der Waals surface area contributed by atoms with Crippen LogP contribution in [0.4, 0.5) is 0 Å². The highest BCUT2D eigenvalue weighted by atomic mass is 79.9. The van der Waals surface area contributed by atoms with E-state index in [-0.39, 0.29) is 0 Å². The number of nitrogens with one attached hydrogen (secondary N) is 1. The van der Waals surface area contributed by atoms with E-state index in [1.165, 1.54) is 5.56 Å². The zero-order valence-corrected chi connectivity index (χ0v) is 19.8. The van der Waals surface area contributed by atoms with E-state index in [0.29, 0.717) is 34.7 Å². The molecule has 3 rings (SSSR count). The van der Waals surface area contributed by atoms with Crippen molar-refractivity contribution in [1.29, 1.82) is 0 Å². The Balaban J connectivity index is 1.63. The minimum atomic E-state index is 0.348. The predicted octanol–water partition coefficient (Wildman–Crippen LogP) is 6.64. The molecule has 0 aromatic heterocycles. The maximum atomic E-state index is 6.08. The molecule has 0 fully saturated rings. The van der Waals surface area contributed by atoms with Crippen LogP contribution in [0.2, 0.25) is 10.0 Å². The Hall–Kier alpha value is -1.92. The summed E-state index contributed by atoms with van der Waals surface area (Å²) >= 11 is 15.6. The number of ether oxygens (including phenoxy) is 3. The van der Waals surface area contributed by atoms with Crippen molar-refractivity contribution < 1.29 is 14.2 Å². The lowest BCUT2D eigenvalue weighted by Gasteiger charge is -2.15. The minimum Gasteiger partial charge on any atom is -0.497 e. The van der Waals surface area contributed by atoms with E-state index < -0.39 is 0 Å². The Morgan fingerprint density at radius 2 is 1.50 bits per heavy atom. The van der Waals surface area contributed by atoms with Crippen molar-refractivity contribution in [3.05, 3.63) is 85.8 Å². The van der Waals surface area contributed by atoms with E-state index in [0.717, 1.165) is 27.9 Å². The number of hydrogen-bond acceptors (Lipinski definition) is 4. The van der Waals surface area contributed by atoms with E-state index in [1.807, 2.05) is 42.5 Å². The van der Waals surface area contributed by atoms with Crippen LogP contribution in [0.1, 0.15) is 16.7 Å². The Morgan fingerprint density at radius 1 is 0.800 bits per heavy atom. The first kappa shape index (κ1) is 22.8. The molecule has 0 aliphatic carbocycles. The third kappa shape index (κ3) is 6.05.